The van der Waals surface area contributed by atoms with Crippen molar-refractivity contribution in [3.8, 4) is 0 Å². The van der Waals surface area contributed by atoms with Crippen molar-refractivity contribution in [3.05, 3.63) is 78.4 Å². The molecule has 0 radical (unpaired) electrons. The summed E-state index contributed by atoms with van der Waals surface area (Å²) in [5.74, 6) is 1.26. The summed E-state index contributed by atoms with van der Waals surface area (Å²) in [4.78, 5) is 30.5. The molecule has 1 saturated heterocycles. The average Bonchev–Trinajstić information content (AvgIpc) is 3.37. The van der Waals surface area contributed by atoms with Crippen LogP contribution in [0, 0.1) is 0 Å². The Hall–Kier alpha value is -3.61. The van der Waals surface area contributed by atoms with Crippen molar-refractivity contribution in [2.75, 3.05) is 16.8 Å². The maximum Gasteiger partial charge on any atom is 0.320 e. The molecule has 7 heteroatoms. The second kappa shape index (κ2) is 7.96. The smallest absolute Gasteiger partial charge is 0.320 e. The van der Waals surface area contributed by atoms with Gasteiger partial charge in [0, 0.05) is 36.8 Å². The number of aromatic nitrogens is 1. The van der Waals surface area contributed by atoms with Crippen molar-refractivity contribution in [3.63, 3.8) is 0 Å². The second-order valence-corrected chi connectivity index (χ2v) is 6.60. The number of rotatable bonds is 5. The van der Waals surface area contributed by atoms with Gasteiger partial charge in [0.15, 0.2) is 0 Å². The van der Waals surface area contributed by atoms with Gasteiger partial charge in [0.1, 0.15) is 11.6 Å². The van der Waals surface area contributed by atoms with E-state index in [9.17, 15) is 9.59 Å². The summed E-state index contributed by atoms with van der Waals surface area (Å²) in [6.07, 6.45) is 3.61. The lowest BCUT2D eigenvalue weighted by Gasteiger charge is -2.17. The Labute approximate surface area is 162 Å². The van der Waals surface area contributed by atoms with Crippen molar-refractivity contribution in [1.29, 1.82) is 0 Å². The topological polar surface area (TPSA) is 87.5 Å². The molecular weight excluding hydrogens is 356 g/mol. The molecule has 1 fully saturated rings. The molecule has 28 heavy (non-hydrogen) atoms. The lowest BCUT2D eigenvalue weighted by atomic mass is 9.99. The van der Waals surface area contributed by atoms with Crippen LogP contribution in [0.1, 0.15) is 23.7 Å². The molecule has 1 aromatic carbocycles. The molecule has 0 saturated carbocycles. The Morgan fingerprint density at radius 3 is 2.82 bits per heavy atom. The van der Waals surface area contributed by atoms with E-state index in [2.05, 4.69) is 15.6 Å². The van der Waals surface area contributed by atoms with E-state index in [1.807, 2.05) is 30.3 Å². The summed E-state index contributed by atoms with van der Waals surface area (Å²) in [5, 5.41) is 5.38. The van der Waals surface area contributed by atoms with Crippen LogP contribution in [0.3, 0.4) is 0 Å². The van der Waals surface area contributed by atoms with Gasteiger partial charge in [0.05, 0.1) is 12.8 Å². The van der Waals surface area contributed by atoms with Gasteiger partial charge < -0.3 is 14.6 Å². The molecule has 2 aromatic heterocycles. The van der Waals surface area contributed by atoms with E-state index < -0.39 is 6.03 Å². The van der Waals surface area contributed by atoms with Crippen LogP contribution in [0.15, 0.2) is 71.5 Å². The maximum atomic E-state index is 12.5. The minimum Gasteiger partial charge on any atom is -0.467 e. The standard InChI is InChI=1S/C21H20N4O3/c26-20-11-16(15-5-2-1-3-6-15)14-25(20)17-8-9-22-19(12-17)24-21(27)23-13-18-7-4-10-28-18/h1-10,12,16H,11,13-14H2,(H2,22,23,24,27)/t16-/m1/s1. The van der Waals surface area contributed by atoms with E-state index in [-0.39, 0.29) is 18.4 Å². The monoisotopic (exact) mass is 376 g/mol. The third-order valence-corrected chi connectivity index (χ3v) is 4.70. The molecule has 3 heterocycles. The number of nitrogens with zero attached hydrogens (tertiary/aromatic N) is 2. The highest BCUT2D eigenvalue weighted by atomic mass is 16.3. The predicted molar refractivity (Wildman–Crippen MR) is 105 cm³/mol. The van der Waals surface area contributed by atoms with Gasteiger partial charge in [-0.1, -0.05) is 30.3 Å². The van der Waals surface area contributed by atoms with Gasteiger partial charge in [-0.15, -0.1) is 0 Å². The number of pyridine rings is 1. The summed E-state index contributed by atoms with van der Waals surface area (Å²) >= 11 is 0. The molecule has 0 aliphatic carbocycles. The fraction of sp³-hybridized carbons (Fsp3) is 0.190. The number of hydrogen-bond acceptors (Lipinski definition) is 4. The Bertz CT molecular complexity index is 957. The molecule has 7 nitrogen and oxygen atoms in total. The van der Waals surface area contributed by atoms with E-state index in [0.717, 1.165) is 11.3 Å². The Kier molecular flexibility index (Phi) is 5.05. The van der Waals surface area contributed by atoms with Crippen LogP contribution in [-0.4, -0.2) is 23.5 Å². The summed E-state index contributed by atoms with van der Waals surface area (Å²) in [7, 11) is 0. The largest absolute Gasteiger partial charge is 0.467 e. The van der Waals surface area contributed by atoms with Crippen LogP contribution in [0.2, 0.25) is 0 Å². The SMILES string of the molecule is O=C(NCc1ccco1)Nc1cc(N2C[C@H](c3ccccc3)CC2=O)ccn1. The number of urea groups is 1. The van der Waals surface area contributed by atoms with Crippen molar-refractivity contribution < 1.29 is 14.0 Å². The highest BCUT2D eigenvalue weighted by molar-refractivity contribution is 5.97. The summed E-state index contributed by atoms with van der Waals surface area (Å²) in [6.45, 7) is 0.888. The van der Waals surface area contributed by atoms with Crippen LogP contribution in [0.5, 0.6) is 0 Å². The molecule has 0 spiro atoms. The van der Waals surface area contributed by atoms with E-state index >= 15 is 0 Å². The fourth-order valence-corrected chi connectivity index (χ4v) is 3.30. The van der Waals surface area contributed by atoms with Gasteiger partial charge in [-0.05, 0) is 23.8 Å². The van der Waals surface area contributed by atoms with Crippen molar-refractivity contribution in [2.45, 2.75) is 18.9 Å². The van der Waals surface area contributed by atoms with Crippen LogP contribution >= 0.6 is 0 Å². The minimum atomic E-state index is -0.393. The van der Waals surface area contributed by atoms with Gasteiger partial charge in [-0.3, -0.25) is 10.1 Å². The first kappa shape index (κ1) is 17.8. The van der Waals surface area contributed by atoms with E-state index in [4.69, 9.17) is 4.42 Å². The van der Waals surface area contributed by atoms with Gasteiger partial charge in [-0.25, -0.2) is 9.78 Å². The Balaban J connectivity index is 1.40. The van der Waals surface area contributed by atoms with Crippen LogP contribution in [-0.2, 0) is 11.3 Å². The van der Waals surface area contributed by atoms with E-state index in [0.29, 0.717) is 24.5 Å². The third kappa shape index (κ3) is 4.03. The zero-order valence-electron chi connectivity index (χ0n) is 15.2. The zero-order valence-corrected chi connectivity index (χ0v) is 15.2. The lowest BCUT2D eigenvalue weighted by Crippen LogP contribution is -2.29. The number of anilines is 2. The molecule has 3 aromatic rings. The number of nitrogens with one attached hydrogen (secondary N) is 2. The van der Waals surface area contributed by atoms with E-state index in [1.54, 1.807) is 41.6 Å². The van der Waals surface area contributed by atoms with Crippen molar-refractivity contribution >= 4 is 23.4 Å². The van der Waals surface area contributed by atoms with Crippen molar-refractivity contribution in [1.82, 2.24) is 10.3 Å². The van der Waals surface area contributed by atoms with Crippen molar-refractivity contribution in [2.24, 2.45) is 0 Å². The Morgan fingerprint density at radius 1 is 1.18 bits per heavy atom. The second-order valence-electron chi connectivity index (χ2n) is 6.60. The molecule has 1 atom stereocenters. The van der Waals surface area contributed by atoms with Gasteiger partial charge >= 0.3 is 6.03 Å². The molecule has 1 aliphatic heterocycles. The quantitative estimate of drug-likeness (QED) is 0.713. The molecule has 0 bridgehead atoms. The number of hydrogen-bond donors (Lipinski definition) is 2. The molecule has 142 valence electrons. The van der Waals surface area contributed by atoms with Gasteiger partial charge in [0.2, 0.25) is 5.91 Å². The minimum absolute atomic E-state index is 0.0632. The van der Waals surface area contributed by atoms with Gasteiger partial charge in [0.25, 0.3) is 0 Å². The lowest BCUT2D eigenvalue weighted by molar-refractivity contribution is -0.117. The number of benzene rings is 1. The number of furan rings is 1. The number of amides is 3. The first-order valence-electron chi connectivity index (χ1n) is 9.07. The highest BCUT2D eigenvalue weighted by Crippen LogP contribution is 2.32. The zero-order chi connectivity index (χ0) is 19.3. The first-order chi connectivity index (χ1) is 13.7. The number of carbonyl (C=O) groups excluding carboxylic acids is 2. The molecule has 3 amide bonds. The summed E-state index contributed by atoms with van der Waals surface area (Å²) in [5.41, 5.74) is 1.88. The predicted octanol–water partition coefficient (Wildman–Crippen LogP) is 3.52. The summed E-state index contributed by atoms with van der Waals surface area (Å²) in [6, 6.07) is 16.7. The summed E-state index contributed by atoms with van der Waals surface area (Å²) < 4.78 is 5.18. The first-order valence-corrected chi connectivity index (χ1v) is 9.07. The fourth-order valence-electron chi connectivity index (χ4n) is 3.30. The van der Waals surface area contributed by atoms with Crippen LogP contribution in [0.4, 0.5) is 16.3 Å². The average molecular weight is 376 g/mol. The molecule has 1 aliphatic rings. The van der Waals surface area contributed by atoms with Crippen LogP contribution < -0.4 is 15.5 Å². The highest BCUT2D eigenvalue weighted by Gasteiger charge is 2.31. The Morgan fingerprint density at radius 2 is 2.04 bits per heavy atom. The molecule has 0 unspecified atom stereocenters. The molecule has 4 rings (SSSR count). The molecule has 2 N–H and O–H groups in total. The molecular formula is C21H20N4O3. The third-order valence-electron chi connectivity index (χ3n) is 4.70. The van der Waals surface area contributed by atoms with Crippen LogP contribution in [0.25, 0.3) is 0 Å². The normalized spacial score (nSPS) is 16.2. The van der Waals surface area contributed by atoms with Gasteiger partial charge in [-0.2, -0.15) is 0 Å². The number of carbonyl (C=O) groups is 2. The van der Waals surface area contributed by atoms with E-state index in [1.165, 1.54) is 0 Å². The maximum absolute atomic E-state index is 12.5.